The van der Waals surface area contributed by atoms with Crippen LogP contribution < -0.4 is 16.4 Å². The number of nitrogens with one attached hydrogen (secondary N) is 2. The summed E-state index contributed by atoms with van der Waals surface area (Å²) in [7, 11) is 0. The number of piperidine rings is 1. The first-order valence-electron chi connectivity index (χ1n) is 8.01. The lowest BCUT2D eigenvalue weighted by Gasteiger charge is -2.28. The number of nitrogens with two attached hydrogens (primary N) is 1. The monoisotopic (exact) mass is 301 g/mol. The van der Waals surface area contributed by atoms with Crippen LogP contribution in [0.4, 0.5) is 5.69 Å². The Balaban J connectivity index is 1.50. The van der Waals surface area contributed by atoms with Crippen LogP contribution in [0, 0.1) is 5.92 Å². The van der Waals surface area contributed by atoms with Gasteiger partial charge in [-0.2, -0.15) is 0 Å². The van der Waals surface area contributed by atoms with E-state index < -0.39 is 0 Å². The molecule has 2 amide bonds. The number of benzene rings is 1. The van der Waals surface area contributed by atoms with Gasteiger partial charge in [-0.1, -0.05) is 12.1 Å². The van der Waals surface area contributed by atoms with E-state index >= 15 is 0 Å². The molecular weight excluding hydrogens is 278 g/mol. The number of carbonyl (C=O) groups excluding carboxylic acids is 2. The van der Waals surface area contributed by atoms with E-state index in [-0.39, 0.29) is 18.2 Å². The molecule has 0 aromatic heterocycles. The zero-order chi connectivity index (χ0) is 15.5. The highest BCUT2D eigenvalue weighted by molar-refractivity contribution is 5.91. The second-order valence-electron chi connectivity index (χ2n) is 6.57. The van der Waals surface area contributed by atoms with Gasteiger partial charge in [0.25, 0.3) is 0 Å². The molecule has 2 atom stereocenters. The van der Waals surface area contributed by atoms with Crippen LogP contribution in [-0.2, 0) is 16.0 Å². The molecule has 3 rings (SSSR count). The minimum absolute atomic E-state index is 0.0777. The molecule has 2 saturated heterocycles. The first-order valence-corrected chi connectivity index (χ1v) is 8.01. The summed E-state index contributed by atoms with van der Waals surface area (Å²) in [6.45, 7) is 0. The Bertz CT molecular complexity index is 544. The van der Waals surface area contributed by atoms with Crippen LogP contribution in [0.15, 0.2) is 24.3 Å². The van der Waals surface area contributed by atoms with Crippen LogP contribution >= 0.6 is 0 Å². The fourth-order valence-electron chi connectivity index (χ4n) is 3.72. The van der Waals surface area contributed by atoms with Gasteiger partial charge in [-0.05, 0) is 49.3 Å². The highest BCUT2D eigenvalue weighted by Crippen LogP contribution is 2.32. The first kappa shape index (κ1) is 15.0. The zero-order valence-electron chi connectivity index (χ0n) is 12.7. The van der Waals surface area contributed by atoms with Crippen LogP contribution in [0.5, 0.6) is 0 Å². The van der Waals surface area contributed by atoms with Gasteiger partial charge in [-0.3, -0.25) is 9.59 Å². The Hall–Kier alpha value is -1.88. The second kappa shape index (κ2) is 6.48. The summed E-state index contributed by atoms with van der Waals surface area (Å²) >= 11 is 0. The predicted molar refractivity (Wildman–Crippen MR) is 85.3 cm³/mol. The van der Waals surface area contributed by atoms with E-state index in [0.717, 1.165) is 24.1 Å². The van der Waals surface area contributed by atoms with Gasteiger partial charge in [0.05, 0.1) is 6.42 Å². The van der Waals surface area contributed by atoms with Crippen molar-refractivity contribution in [3.63, 3.8) is 0 Å². The number of rotatable bonds is 5. The third-order valence-corrected chi connectivity index (χ3v) is 4.66. The summed E-state index contributed by atoms with van der Waals surface area (Å²) in [5.41, 5.74) is 6.80. The molecule has 2 aliphatic heterocycles. The molecular formula is C17H23N3O2. The van der Waals surface area contributed by atoms with Crippen molar-refractivity contribution in [2.45, 2.75) is 50.6 Å². The summed E-state index contributed by atoms with van der Waals surface area (Å²) in [6, 6.07) is 8.52. The number of hydrogen-bond acceptors (Lipinski definition) is 3. The van der Waals surface area contributed by atoms with E-state index in [1.807, 2.05) is 24.3 Å². The number of anilines is 1. The van der Waals surface area contributed by atoms with Gasteiger partial charge in [0.1, 0.15) is 0 Å². The number of primary amides is 1. The molecule has 0 radical (unpaired) electrons. The molecule has 118 valence electrons. The standard InChI is InChI=1S/C17H23N3O2/c18-16(21)9-11-1-3-13(4-2-11)20-17(22)10-12-7-14-5-6-15(8-12)19-14/h1-4,12,14-15,19H,5-10H2,(H2,18,21)(H,20,22). The fourth-order valence-corrected chi connectivity index (χ4v) is 3.72. The Kier molecular flexibility index (Phi) is 4.43. The molecule has 4 N–H and O–H groups in total. The Morgan fingerprint density at radius 1 is 1.14 bits per heavy atom. The van der Waals surface area contributed by atoms with E-state index in [0.29, 0.717) is 24.4 Å². The second-order valence-corrected chi connectivity index (χ2v) is 6.57. The molecule has 1 aromatic carbocycles. The van der Waals surface area contributed by atoms with E-state index in [1.54, 1.807) is 0 Å². The van der Waals surface area contributed by atoms with Crippen molar-refractivity contribution in [2.24, 2.45) is 11.7 Å². The predicted octanol–water partition coefficient (Wildman–Crippen LogP) is 1.57. The number of carbonyl (C=O) groups is 2. The molecule has 0 aliphatic carbocycles. The zero-order valence-corrected chi connectivity index (χ0v) is 12.7. The van der Waals surface area contributed by atoms with Crippen LogP contribution in [0.2, 0.25) is 0 Å². The molecule has 5 nitrogen and oxygen atoms in total. The maximum atomic E-state index is 12.2. The van der Waals surface area contributed by atoms with Gasteiger partial charge in [0.15, 0.2) is 0 Å². The van der Waals surface area contributed by atoms with Crippen LogP contribution in [0.25, 0.3) is 0 Å². The lowest BCUT2D eigenvalue weighted by atomic mass is 9.89. The minimum atomic E-state index is -0.350. The SMILES string of the molecule is NC(=O)Cc1ccc(NC(=O)CC2CC3CCC(C2)N3)cc1. The fraction of sp³-hybridized carbons (Fsp3) is 0.529. The number of amides is 2. The van der Waals surface area contributed by atoms with E-state index in [1.165, 1.54) is 12.8 Å². The highest BCUT2D eigenvalue weighted by Gasteiger charge is 2.34. The quantitative estimate of drug-likeness (QED) is 0.772. The third-order valence-electron chi connectivity index (χ3n) is 4.66. The maximum Gasteiger partial charge on any atom is 0.224 e. The smallest absolute Gasteiger partial charge is 0.224 e. The van der Waals surface area contributed by atoms with Crippen molar-refractivity contribution in [2.75, 3.05) is 5.32 Å². The Morgan fingerprint density at radius 3 is 2.36 bits per heavy atom. The Morgan fingerprint density at radius 2 is 1.77 bits per heavy atom. The van der Waals surface area contributed by atoms with Crippen LogP contribution in [0.1, 0.15) is 37.7 Å². The van der Waals surface area contributed by atoms with Crippen molar-refractivity contribution < 1.29 is 9.59 Å². The molecule has 5 heteroatoms. The molecule has 2 unspecified atom stereocenters. The van der Waals surface area contributed by atoms with Crippen LogP contribution in [0.3, 0.4) is 0 Å². The lowest BCUT2D eigenvalue weighted by Crippen LogP contribution is -2.39. The van der Waals surface area contributed by atoms with Gasteiger partial charge in [-0.15, -0.1) is 0 Å². The van der Waals surface area contributed by atoms with Crippen molar-refractivity contribution >= 4 is 17.5 Å². The van der Waals surface area contributed by atoms with Crippen molar-refractivity contribution in [3.05, 3.63) is 29.8 Å². The van der Waals surface area contributed by atoms with Gasteiger partial charge >= 0.3 is 0 Å². The molecule has 2 fully saturated rings. The summed E-state index contributed by atoms with van der Waals surface area (Å²) in [6.07, 6.45) is 5.56. The van der Waals surface area contributed by atoms with Gasteiger partial charge < -0.3 is 16.4 Å². The number of fused-ring (bicyclic) bond motifs is 2. The van der Waals surface area contributed by atoms with Crippen LogP contribution in [-0.4, -0.2) is 23.9 Å². The van der Waals surface area contributed by atoms with E-state index in [4.69, 9.17) is 5.73 Å². The first-order chi connectivity index (χ1) is 10.6. The van der Waals surface area contributed by atoms with E-state index in [2.05, 4.69) is 10.6 Å². The molecule has 2 aliphatic rings. The average molecular weight is 301 g/mol. The Labute approximate surface area is 130 Å². The van der Waals surface area contributed by atoms with E-state index in [9.17, 15) is 9.59 Å². The molecule has 1 aromatic rings. The van der Waals surface area contributed by atoms with Gasteiger partial charge in [0.2, 0.25) is 11.8 Å². The number of hydrogen-bond donors (Lipinski definition) is 3. The largest absolute Gasteiger partial charge is 0.369 e. The van der Waals surface area contributed by atoms with Gasteiger partial charge in [0, 0.05) is 24.2 Å². The van der Waals surface area contributed by atoms with Crippen molar-refractivity contribution in [3.8, 4) is 0 Å². The topological polar surface area (TPSA) is 84.2 Å². The molecule has 2 heterocycles. The third kappa shape index (κ3) is 3.85. The average Bonchev–Trinajstić information content (AvgIpc) is 2.79. The van der Waals surface area contributed by atoms with Crippen molar-refractivity contribution in [1.82, 2.24) is 5.32 Å². The molecule has 0 saturated carbocycles. The summed E-state index contributed by atoms with van der Waals surface area (Å²) in [5, 5.41) is 6.54. The lowest BCUT2D eigenvalue weighted by molar-refractivity contribution is -0.118. The minimum Gasteiger partial charge on any atom is -0.369 e. The van der Waals surface area contributed by atoms with Crippen molar-refractivity contribution in [1.29, 1.82) is 0 Å². The normalized spacial score (nSPS) is 26.6. The highest BCUT2D eigenvalue weighted by atomic mass is 16.1. The maximum absolute atomic E-state index is 12.2. The summed E-state index contributed by atoms with van der Waals surface area (Å²) in [5.74, 6) is 0.221. The molecule has 2 bridgehead atoms. The summed E-state index contributed by atoms with van der Waals surface area (Å²) < 4.78 is 0. The summed E-state index contributed by atoms with van der Waals surface area (Å²) in [4.78, 5) is 23.0. The molecule has 22 heavy (non-hydrogen) atoms. The van der Waals surface area contributed by atoms with Gasteiger partial charge in [-0.25, -0.2) is 0 Å². The molecule has 0 spiro atoms.